The molecule has 0 unspecified atom stereocenters. The van der Waals surface area contributed by atoms with Crippen LogP contribution >= 0.6 is 11.3 Å². The number of nitrogens with one attached hydrogen (secondary N) is 1. The van der Waals surface area contributed by atoms with Crippen LogP contribution in [0.15, 0.2) is 48.5 Å². The third kappa shape index (κ3) is 3.64. The van der Waals surface area contributed by atoms with Crippen LogP contribution in [-0.4, -0.2) is 46.1 Å². The Balaban J connectivity index is 1.29. The van der Waals surface area contributed by atoms with Crippen LogP contribution in [0.1, 0.15) is 47.2 Å². The molecule has 1 N–H and O–H groups in total. The van der Waals surface area contributed by atoms with E-state index in [1.54, 1.807) is 6.07 Å². The maximum Gasteiger partial charge on any atom is 0.261 e. The van der Waals surface area contributed by atoms with Gasteiger partial charge in [0.05, 0.1) is 16.8 Å². The Hall–Kier alpha value is -3.36. The second-order valence-corrected chi connectivity index (χ2v) is 8.80. The first-order valence-corrected chi connectivity index (χ1v) is 10.8. The Bertz CT molecular complexity index is 1200. The van der Waals surface area contributed by atoms with E-state index in [9.17, 15) is 14.4 Å². The summed E-state index contributed by atoms with van der Waals surface area (Å²) in [5.74, 6) is -1.08. The standard InChI is InChI=1S/C23H20N4O3S/c1-26-21(29)16-8-7-15(11-17(16)22(26)30)20(28)25-23-24-18-9-10-27(13-19(18)31-23)12-14-5-3-2-4-6-14/h2-8,11H,9-10,12-13H2,1H3,(H,24,25,28). The summed E-state index contributed by atoms with van der Waals surface area (Å²) in [6.45, 7) is 2.61. The van der Waals surface area contributed by atoms with E-state index >= 15 is 0 Å². The van der Waals surface area contributed by atoms with E-state index in [0.29, 0.717) is 16.3 Å². The van der Waals surface area contributed by atoms with Gasteiger partial charge in [0, 0.05) is 43.5 Å². The zero-order valence-electron chi connectivity index (χ0n) is 16.9. The molecule has 3 heterocycles. The van der Waals surface area contributed by atoms with Crippen LogP contribution in [0.5, 0.6) is 0 Å². The van der Waals surface area contributed by atoms with Crippen molar-refractivity contribution in [3.05, 3.63) is 81.4 Å². The Morgan fingerprint density at radius 3 is 2.68 bits per heavy atom. The van der Waals surface area contributed by atoms with Gasteiger partial charge in [0.15, 0.2) is 5.13 Å². The lowest BCUT2D eigenvalue weighted by Crippen LogP contribution is -2.29. The monoisotopic (exact) mass is 432 g/mol. The number of imide groups is 1. The fourth-order valence-corrected chi connectivity index (χ4v) is 5.00. The number of nitrogens with zero attached hydrogens (tertiary/aromatic N) is 3. The molecular formula is C23H20N4O3S. The molecule has 0 saturated carbocycles. The van der Waals surface area contributed by atoms with Crippen molar-refractivity contribution < 1.29 is 14.4 Å². The number of benzene rings is 2. The molecule has 0 fully saturated rings. The van der Waals surface area contributed by atoms with Crippen LogP contribution in [0.2, 0.25) is 0 Å². The van der Waals surface area contributed by atoms with Gasteiger partial charge in [-0.2, -0.15) is 0 Å². The number of thiazole rings is 1. The minimum absolute atomic E-state index is 0.259. The second-order valence-electron chi connectivity index (χ2n) is 7.72. The number of amides is 3. The van der Waals surface area contributed by atoms with Crippen LogP contribution in [0.3, 0.4) is 0 Å². The molecule has 31 heavy (non-hydrogen) atoms. The van der Waals surface area contributed by atoms with E-state index in [1.807, 2.05) is 18.2 Å². The van der Waals surface area contributed by atoms with Crippen LogP contribution in [0.4, 0.5) is 5.13 Å². The first-order chi connectivity index (χ1) is 15.0. The third-order valence-corrected chi connectivity index (χ3v) is 6.63. The van der Waals surface area contributed by atoms with E-state index in [0.717, 1.165) is 41.5 Å². The average molecular weight is 433 g/mol. The molecule has 2 aromatic carbocycles. The summed E-state index contributed by atoms with van der Waals surface area (Å²) < 4.78 is 0. The highest BCUT2D eigenvalue weighted by molar-refractivity contribution is 7.15. The Morgan fingerprint density at radius 1 is 1.10 bits per heavy atom. The number of aromatic nitrogens is 1. The predicted molar refractivity (Wildman–Crippen MR) is 117 cm³/mol. The lowest BCUT2D eigenvalue weighted by atomic mass is 10.1. The van der Waals surface area contributed by atoms with Gasteiger partial charge in [0.25, 0.3) is 17.7 Å². The van der Waals surface area contributed by atoms with Crippen LogP contribution in [-0.2, 0) is 19.5 Å². The van der Waals surface area contributed by atoms with Gasteiger partial charge in [0.1, 0.15) is 0 Å². The fraction of sp³-hybridized carbons (Fsp3) is 0.217. The van der Waals surface area contributed by atoms with Gasteiger partial charge >= 0.3 is 0 Å². The van der Waals surface area contributed by atoms with Gasteiger partial charge < -0.3 is 0 Å². The highest BCUT2D eigenvalue weighted by atomic mass is 32.1. The first kappa shape index (κ1) is 19.6. The van der Waals surface area contributed by atoms with Gasteiger partial charge in [-0.3, -0.25) is 29.5 Å². The molecule has 2 aliphatic heterocycles. The maximum atomic E-state index is 12.7. The fourth-order valence-electron chi connectivity index (χ4n) is 3.95. The first-order valence-electron chi connectivity index (χ1n) is 10.0. The van der Waals surface area contributed by atoms with Crippen molar-refractivity contribution in [1.82, 2.24) is 14.8 Å². The van der Waals surface area contributed by atoms with Gasteiger partial charge in [0.2, 0.25) is 0 Å². The highest BCUT2D eigenvalue weighted by Gasteiger charge is 2.33. The molecular weight excluding hydrogens is 412 g/mol. The molecule has 3 aromatic rings. The van der Waals surface area contributed by atoms with E-state index in [1.165, 1.54) is 36.1 Å². The quantitative estimate of drug-likeness (QED) is 0.641. The van der Waals surface area contributed by atoms with E-state index in [4.69, 9.17) is 0 Å². The summed E-state index contributed by atoms with van der Waals surface area (Å²) in [4.78, 5) is 46.2. The summed E-state index contributed by atoms with van der Waals surface area (Å²) in [6, 6.07) is 14.9. The average Bonchev–Trinajstić information content (AvgIpc) is 3.27. The summed E-state index contributed by atoms with van der Waals surface area (Å²) in [7, 11) is 1.44. The van der Waals surface area contributed by atoms with Crippen LogP contribution in [0.25, 0.3) is 0 Å². The molecule has 0 atom stereocenters. The van der Waals surface area contributed by atoms with Crippen molar-refractivity contribution in [2.75, 3.05) is 18.9 Å². The molecule has 7 nitrogen and oxygen atoms in total. The van der Waals surface area contributed by atoms with Crippen molar-refractivity contribution in [3.63, 3.8) is 0 Å². The summed E-state index contributed by atoms with van der Waals surface area (Å²) in [5.41, 5.74) is 3.22. The van der Waals surface area contributed by atoms with E-state index in [-0.39, 0.29) is 17.4 Å². The molecule has 0 aliphatic carbocycles. The number of carbonyl (C=O) groups excluding carboxylic acids is 3. The molecule has 0 bridgehead atoms. The predicted octanol–water partition coefficient (Wildman–Crippen LogP) is 3.18. The second kappa shape index (κ2) is 7.72. The minimum atomic E-state index is -0.391. The van der Waals surface area contributed by atoms with Gasteiger partial charge in [-0.25, -0.2) is 4.98 Å². The largest absolute Gasteiger partial charge is 0.298 e. The molecule has 0 radical (unpaired) electrons. The number of carbonyl (C=O) groups is 3. The molecule has 2 aliphatic rings. The molecule has 1 aromatic heterocycles. The Morgan fingerprint density at radius 2 is 1.87 bits per heavy atom. The topological polar surface area (TPSA) is 82.6 Å². The van der Waals surface area contributed by atoms with Gasteiger partial charge in [-0.15, -0.1) is 11.3 Å². The number of fused-ring (bicyclic) bond motifs is 2. The summed E-state index contributed by atoms with van der Waals surface area (Å²) >= 11 is 1.49. The van der Waals surface area contributed by atoms with Gasteiger partial charge in [-0.05, 0) is 23.8 Å². The van der Waals surface area contributed by atoms with E-state index in [2.05, 4.69) is 27.3 Å². The van der Waals surface area contributed by atoms with Gasteiger partial charge in [-0.1, -0.05) is 30.3 Å². The number of hydrogen-bond acceptors (Lipinski definition) is 6. The van der Waals surface area contributed by atoms with Crippen molar-refractivity contribution in [2.24, 2.45) is 0 Å². The zero-order valence-corrected chi connectivity index (χ0v) is 17.7. The lowest BCUT2D eigenvalue weighted by Gasteiger charge is -2.25. The van der Waals surface area contributed by atoms with Crippen molar-refractivity contribution in [2.45, 2.75) is 19.5 Å². The lowest BCUT2D eigenvalue weighted by molar-refractivity contribution is 0.0693. The number of hydrogen-bond donors (Lipinski definition) is 1. The molecule has 0 saturated heterocycles. The molecule has 5 rings (SSSR count). The minimum Gasteiger partial charge on any atom is -0.298 e. The number of rotatable bonds is 4. The normalized spacial score (nSPS) is 15.7. The zero-order chi connectivity index (χ0) is 21.5. The maximum absolute atomic E-state index is 12.7. The smallest absolute Gasteiger partial charge is 0.261 e. The van der Waals surface area contributed by atoms with Crippen molar-refractivity contribution >= 4 is 34.2 Å². The van der Waals surface area contributed by atoms with Crippen molar-refractivity contribution in [3.8, 4) is 0 Å². The van der Waals surface area contributed by atoms with Crippen molar-refractivity contribution in [1.29, 1.82) is 0 Å². The molecule has 8 heteroatoms. The van der Waals surface area contributed by atoms with E-state index < -0.39 is 5.91 Å². The molecule has 156 valence electrons. The Labute approximate surface area is 183 Å². The van der Waals surface area contributed by atoms with Crippen LogP contribution in [0, 0.1) is 0 Å². The summed E-state index contributed by atoms with van der Waals surface area (Å²) in [6.07, 6.45) is 0.844. The molecule has 0 spiro atoms. The SMILES string of the molecule is CN1C(=O)c2ccc(C(=O)Nc3nc4c(s3)CN(Cc3ccccc3)CC4)cc2C1=O. The third-order valence-electron chi connectivity index (χ3n) is 5.63. The number of anilines is 1. The summed E-state index contributed by atoms with van der Waals surface area (Å²) in [5, 5.41) is 3.40. The van der Waals surface area contributed by atoms with Crippen LogP contribution < -0.4 is 5.32 Å². The highest BCUT2D eigenvalue weighted by Crippen LogP contribution is 2.30. The Kier molecular flexibility index (Phi) is 4.88. The molecule has 3 amide bonds.